The normalized spacial score (nSPS) is 14.1. The van der Waals surface area contributed by atoms with Crippen LogP contribution in [0.2, 0.25) is 0 Å². The molecule has 150 valence electrons. The van der Waals surface area contributed by atoms with Crippen LogP contribution < -0.4 is 4.74 Å². The number of amides is 2. The van der Waals surface area contributed by atoms with Crippen molar-refractivity contribution in [3.05, 3.63) is 74.1 Å². The van der Waals surface area contributed by atoms with Crippen molar-refractivity contribution in [1.82, 2.24) is 9.80 Å². The summed E-state index contributed by atoms with van der Waals surface area (Å²) in [5, 5.41) is 3.88. The Kier molecular flexibility index (Phi) is 5.97. The quantitative estimate of drug-likeness (QED) is 0.611. The Balaban J connectivity index is 1.31. The highest BCUT2D eigenvalue weighted by molar-refractivity contribution is 7.12. The second-order valence-electron chi connectivity index (χ2n) is 6.94. The highest BCUT2D eigenvalue weighted by atomic mass is 32.1. The van der Waals surface area contributed by atoms with Gasteiger partial charge in [0.15, 0.2) is 0 Å². The van der Waals surface area contributed by atoms with Gasteiger partial charge in [-0.2, -0.15) is 0 Å². The maximum Gasteiger partial charge on any atom is 0.264 e. The van der Waals surface area contributed by atoms with Crippen molar-refractivity contribution in [2.45, 2.75) is 13.5 Å². The molecule has 0 radical (unpaired) electrons. The lowest BCUT2D eigenvalue weighted by molar-refractivity contribution is 0.0540. The molecular weight excluding hydrogens is 404 g/mol. The lowest BCUT2D eigenvalue weighted by Crippen LogP contribution is -2.50. The van der Waals surface area contributed by atoms with Gasteiger partial charge in [-0.15, -0.1) is 22.7 Å². The number of hydrogen-bond acceptors (Lipinski definition) is 5. The minimum Gasteiger partial charge on any atom is -0.489 e. The third kappa shape index (κ3) is 4.52. The average Bonchev–Trinajstić information content (AvgIpc) is 3.45. The summed E-state index contributed by atoms with van der Waals surface area (Å²) in [5.41, 5.74) is 2.09. The Hall–Kier alpha value is -2.64. The number of carbonyl (C=O) groups is 2. The van der Waals surface area contributed by atoms with E-state index in [-0.39, 0.29) is 11.8 Å². The molecule has 1 fully saturated rings. The molecule has 0 aliphatic carbocycles. The van der Waals surface area contributed by atoms with Gasteiger partial charge in [0.2, 0.25) is 0 Å². The summed E-state index contributed by atoms with van der Waals surface area (Å²) in [6.45, 7) is 4.71. The number of hydrogen-bond donors (Lipinski definition) is 0. The van der Waals surface area contributed by atoms with E-state index in [0.717, 1.165) is 21.8 Å². The van der Waals surface area contributed by atoms with E-state index in [1.807, 2.05) is 69.9 Å². The molecule has 4 rings (SSSR count). The van der Waals surface area contributed by atoms with Gasteiger partial charge in [-0.25, -0.2) is 0 Å². The monoisotopic (exact) mass is 426 g/mol. The predicted molar refractivity (Wildman–Crippen MR) is 116 cm³/mol. The maximum absolute atomic E-state index is 12.8. The average molecular weight is 427 g/mol. The van der Waals surface area contributed by atoms with Gasteiger partial charge in [-0.05, 0) is 41.4 Å². The highest BCUT2D eigenvalue weighted by Crippen LogP contribution is 2.22. The summed E-state index contributed by atoms with van der Waals surface area (Å²) in [6, 6.07) is 13.5. The summed E-state index contributed by atoms with van der Waals surface area (Å²) in [4.78, 5) is 30.4. The van der Waals surface area contributed by atoms with Crippen LogP contribution in [-0.4, -0.2) is 47.8 Å². The van der Waals surface area contributed by atoms with Gasteiger partial charge in [-0.3, -0.25) is 9.59 Å². The number of aryl methyl sites for hydroxylation is 1. The molecule has 1 aliphatic rings. The molecule has 29 heavy (non-hydrogen) atoms. The van der Waals surface area contributed by atoms with Crippen molar-refractivity contribution in [2.75, 3.05) is 26.2 Å². The Morgan fingerprint density at radius 3 is 2.28 bits per heavy atom. The first-order valence-corrected chi connectivity index (χ1v) is 11.3. The zero-order valence-electron chi connectivity index (χ0n) is 16.2. The standard InChI is InChI=1S/C22H22N2O3S2/c1-16-5-2-3-6-18(16)27-14-17-13-20(29-15-17)22(26)24-10-8-23(9-11-24)21(25)19-7-4-12-28-19/h2-7,12-13,15H,8-11,14H2,1H3. The zero-order valence-corrected chi connectivity index (χ0v) is 17.8. The molecule has 0 N–H and O–H groups in total. The lowest BCUT2D eigenvalue weighted by atomic mass is 10.2. The van der Waals surface area contributed by atoms with Gasteiger partial charge < -0.3 is 14.5 Å². The van der Waals surface area contributed by atoms with Crippen molar-refractivity contribution in [1.29, 1.82) is 0 Å². The Bertz CT molecular complexity index is 989. The number of thiophene rings is 2. The first-order valence-electron chi connectivity index (χ1n) is 9.50. The summed E-state index contributed by atoms with van der Waals surface area (Å²) < 4.78 is 5.88. The van der Waals surface area contributed by atoms with Gasteiger partial charge in [0.05, 0.1) is 9.75 Å². The molecule has 0 bridgehead atoms. The van der Waals surface area contributed by atoms with Gasteiger partial charge >= 0.3 is 0 Å². The van der Waals surface area contributed by atoms with Crippen LogP contribution in [0.15, 0.2) is 53.2 Å². The second-order valence-corrected chi connectivity index (χ2v) is 8.79. The van der Waals surface area contributed by atoms with E-state index in [4.69, 9.17) is 4.74 Å². The van der Waals surface area contributed by atoms with Crippen molar-refractivity contribution in [3.63, 3.8) is 0 Å². The molecule has 3 heterocycles. The molecule has 1 aromatic carbocycles. The molecule has 2 aromatic heterocycles. The van der Waals surface area contributed by atoms with Gasteiger partial charge in [0.1, 0.15) is 12.4 Å². The number of nitrogens with zero attached hydrogens (tertiary/aromatic N) is 2. The molecule has 1 aliphatic heterocycles. The lowest BCUT2D eigenvalue weighted by Gasteiger charge is -2.34. The summed E-state index contributed by atoms with van der Waals surface area (Å²) in [5.74, 6) is 0.942. The first kappa shape index (κ1) is 19.7. The smallest absolute Gasteiger partial charge is 0.264 e. The van der Waals surface area contributed by atoms with Crippen molar-refractivity contribution < 1.29 is 14.3 Å². The molecule has 3 aromatic rings. The number of ether oxygens (including phenoxy) is 1. The van der Waals surface area contributed by atoms with Crippen LogP contribution in [-0.2, 0) is 6.61 Å². The SMILES string of the molecule is Cc1ccccc1OCc1csc(C(=O)N2CCN(C(=O)c3cccs3)CC2)c1. The number of benzene rings is 1. The predicted octanol–water partition coefficient (Wildman–Crippen LogP) is 4.30. The maximum atomic E-state index is 12.8. The van der Waals surface area contributed by atoms with Crippen LogP contribution in [0.1, 0.15) is 30.5 Å². The van der Waals surface area contributed by atoms with Crippen LogP contribution in [0, 0.1) is 6.92 Å². The zero-order chi connectivity index (χ0) is 20.2. The van der Waals surface area contributed by atoms with E-state index in [2.05, 4.69) is 0 Å². The van der Waals surface area contributed by atoms with E-state index in [9.17, 15) is 9.59 Å². The van der Waals surface area contributed by atoms with E-state index in [0.29, 0.717) is 37.7 Å². The molecule has 0 spiro atoms. The van der Waals surface area contributed by atoms with Crippen LogP contribution in [0.4, 0.5) is 0 Å². The van der Waals surface area contributed by atoms with Crippen molar-refractivity contribution in [3.8, 4) is 5.75 Å². The highest BCUT2D eigenvalue weighted by Gasteiger charge is 2.26. The number of rotatable bonds is 5. The Morgan fingerprint density at radius 1 is 0.931 bits per heavy atom. The molecular formula is C22H22N2O3S2. The fraction of sp³-hybridized carbons (Fsp3) is 0.273. The second kappa shape index (κ2) is 8.80. The molecule has 1 saturated heterocycles. The third-order valence-corrected chi connectivity index (χ3v) is 6.76. The van der Waals surface area contributed by atoms with Crippen molar-refractivity contribution in [2.24, 2.45) is 0 Å². The van der Waals surface area contributed by atoms with Crippen LogP contribution in [0.25, 0.3) is 0 Å². The van der Waals surface area contributed by atoms with Gasteiger partial charge in [0.25, 0.3) is 11.8 Å². The molecule has 5 nitrogen and oxygen atoms in total. The molecule has 0 atom stereocenters. The van der Waals surface area contributed by atoms with Crippen LogP contribution >= 0.6 is 22.7 Å². The fourth-order valence-electron chi connectivity index (χ4n) is 3.27. The van der Waals surface area contributed by atoms with Gasteiger partial charge in [0, 0.05) is 31.7 Å². The fourth-order valence-corrected chi connectivity index (χ4v) is 4.82. The minimum absolute atomic E-state index is 0.0281. The number of piperazine rings is 1. The first-order chi connectivity index (χ1) is 14.1. The Morgan fingerprint density at radius 2 is 1.62 bits per heavy atom. The van der Waals surface area contributed by atoms with E-state index in [1.54, 1.807) is 0 Å². The van der Waals surface area contributed by atoms with E-state index >= 15 is 0 Å². The molecule has 2 amide bonds. The summed E-state index contributed by atoms with van der Waals surface area (Å²) in [7, 11) is 0. The number of carbonyl (C=O) groups excluding carboxylic acids is 2. The van der Waals surface area contributed by atoms with E-state index in [1.165, 1.54) is 22.7 Å². The topological polar surface area (TPSA) is 49.9 Å². The molecule has 0 saturated carbocycles. The largest absolute Gasteiger partial charge is 0.489 e. The van der Waals surface area contributed by atoms with Crippen LogP contribution in [0.3, 0.4) is 0 Å². The van der Waals surface area contributed by atoms with Crippen molar-refractivity contribution >= 4 is 34.5 Å². The van der Waals surface area contributed by atoms with E-state index < -0.39 is 0 Å². The summed E-state index contributed by atoms with van der Waals surface area (Å²) >= 11 is 2.90. The Labute approximate surface area is 178 Å². The third-order valence-electron chi connectivity index (χ3n) is 4.94. The minimum atomic E-state index is 0.0281. The molecule has 0 unspecified atom stereocenters. The molecule has 7 heteroatoms. The number of para-hydroxylation sites is 1. The summed E-state index contributed by atoms with van der Waals surface area (Å²) in [6.07, 6.45) is 0. The van der Waals surface area contributed by atoms with Crippen LogP contribution in [0.5, 0.6) is 5.75 Å². The van der Waals surface area contributed by atoms with Gasteiger partial charge in [-0.1, -0.05) is 24.3 Å².